The molecule has 2 aromatic rings. The van der Waals surface area contributed by atoms with E-state index in [0.717, 1.165) is 0 Å². The molecule has 1 aliphatic rings. The molecule has 24 heavy (non-hydrogen) atoms. The number of nitrogens with one attached hydrogen (secondary N) is 2. The lowest BCUT2D eigenvalue weighted by Gasteiger charge is -2.15. The normalized spacial score (nSPS) is 18.8. The average Bonchev–Trinajstić information content (AvgIpc) is 2.89. The van der Waals surface area contributed by atoms with Gasteiger partial charge in [0.15, 0.2) is 15.6 Å². The quantitative estimate of drug-likeness (QED) is 0.891. The van der Waals surface area contributed by atoms with Crippen LogP contribution in [-0.2, 0) is 9.84 Å². The number of para-hydroxylation sites is 3. The van der Waals surface area contributed by atoms with Gasteiger partial charge >= 0.3 is 6.03 Å². The molecule has 0 bridgehead atoms. The zero-order chi connectivity index (χ0) is 17.0. The number of hydrogen-bond acceptors (Lipinski definition) is 4. The minimum atomic E-state index is -3.03. The Morgan fingerprint density at radius 2 is 1.75 bits per heavy atom. The van der Waals surface area contributed by atoms with Gasteiger partial charge in [-0.2, -0.15) is 0 Å². The monoisotopic (exact) mass is 346 g/mol. The van der Waals surface area contributed by atoms with Crippen LogP contribution in [0.1, 0.15) is 6.42 Å². The number of carbonyl (C=O) groups is 1. The van der Waals surface area contributed by atoms with Crippen LogP contribution in [0.25, 0.3) is 0 Å². The fraction of sp³-hybridized carbons (Fsp3) is 0.235. The summed E-state index contributed by atoms with van der Waals surface area (Å²) in [5.74, 6) is 1.28. The topological polar surface area (TPSA) is 84.5 Å². The highest BCUT2D eigenvalue weighted by Gasteiger charge is 2.29. The number of hydrogen-bond donors (Lipinski definition) is 2. The number of urea groups is 1. The number of sulfone groups is 1. The summed E-state index contributed by atoms with van der Waals surface area (Å²) in [6, 6.07) is 15.5. The van der Waals surface area contributed by atoms with Gasteiger partial charge in [0.25, 0.3) is 0 Å². The molecule has 1 atom stereocenters. The Morgan fingerprint density at radius 1 is 1.04 bits per heavy atom. The molecule has 0 saturated carbocycles. The summed E-state index contributed by atoms with van der Waals surface area (Å²) in [4.78, 5) is 12.1. The Labute approximate surface area is 140 Å². The first-order valence-electron chi connectivity index (χ1n) is 7.62. The highest BCUT2D eigenvalue weighted by molar-refractivity contribution is 7.91. The second-order valence-electron chi connectivity index (χ2n) is 5.61. The molecule has 0 radical (unpaired) electrons. The molecule has 0 spiro atoms. The van der Waals surface area contributed by atoms with Gasteiger partial charge < -0.3 is 15.4 Å². The molecule has 1 heterocycles. The molecule has 126 valence electrons. The molecule has 0 aromatic heterocycles. The van der Waals surface area contributed by atoms with Gasteiger partial charge in [0.1, 0.15) is 5.75 Å². The van der Waals surface area contributed by atoms with Gasteiger partial charge in [0, 0.05) is 6.04 Å². The van der Waals surface area contributed by atoms with E-state index in [4.69, 9.17) is 4.74 Å². The zero-order valence-corrected chi connectivity index (χ0v) is 13.8. The van der Waals surface area contributed by atoms with E-state index in [2.05, 4.69) is 10.6 Å². The minimum absolute atomic E-state index is 0.0113. The lowest BCUT2D eigenvalue weighted by Crippen LogP contribution is -2.38. The molecule has 2 amide bonds. The van der Waals surface area contributed by atoms with Crippen LogP contribution in [-0.4, -0.2) is 32.0 Å². The van der Waals surface area contributed by atoms with Gasteiger partial charge in [0.2, 0.25) is 0 Å². The Kier molecular flexibility index (Phi) is 4.71. The molecule has 6 nitrogen and oxygen atoms in total. The predicted molar refractivity (Wildman–Crippen MR) is 92.2 cm³/mol. The van der Waals surface area contributed by atoms with Crippen molar-refractivity contribution in [3.8, 4) is 11.5 Å². The number of carbonyl (C=O) groups excluding carboxylic acids is 1. The van der Waals surface area contributed by atoms with Crippen molar-refractivity contribution < 1.29 is 17.9 Å². The van der Waals surface area contributed by atoms with E-state index in [1.54, 1.807) is 18.2 Å². The van der Waals surface area contributed by atoms with Crippen molar-refractivity contribution in [1.82, 2.24) is 5.32 Å². The van der Waals surface area contributed by atoms with Crippen molar-refractivity contribution in [3.63, 3.8) is 0 Å². The lowest BCUT2D eigenvalue weighted by molar-refractivity contribution is 0.249. The van der Waals surface area contributed by atoms with Crippen LogP contribution < -0.4 is 15.4 Å². The lowest BCUT2D eigenvalue weighted by atomic mass is 10.2. The second kappa shape index (κ2) is 6.92. The first-order chi connectivity index (χ1) is 11.5. The van der Waals surface area contributed by atoms with E-state index >= 15 is 0 Å². The molecule has 2 aromatic carbocycles. The van der Waals surface area contributed by atoms with Crippen molar-refractivity contribution in [2.75, 3.05) is 16.8 Å². The van der Waals surface area contributed by atoms with Crippen LogP contribution >= 0.6 is 0 Å². The largest absolute Gasteiger partial charge is 0.455 e. The zero-order valence-electron chi connectivity index (χ0n) is 12.9. The molecule has 1 saturated heterocycles. The summed E-state index contributed by atoms with van der Waals surface area (Å²) < 4.78 is 28.7. The van der Waals surface area contributed by atoms with Gasteiger partial charge in [-0.1, -0.05) is 30.3 Å². The van der Waals surface area contributed by atoms with Crippen LogP contribution in [0.2, 0.25) is 0 Å². The highest BCUT2D eigenvalue weighted by atomic mass is 32.2. The maximum Gasteiger partial charge on any atom is 0.319 e. The Bertz CT molecular complexity index is 821. The molecule has 2 N–H and O–H groups in total. The van der Waals surface area contributed by atoms with Gasteiger partial charge in [-0.05, 0) is 30.7 Å². The molecule has 1 aliphatic heterocycles. The van der Waals surface area contributed by atoms with E-state index in [-0.39, 0.29) is 17.5 Å². The van der Waals surface area contributed by atoms with Crippen LogP contribution in [0.3, 0.4) is 0 Å². The van der Waals surface area contributed by atoms with Gasteiger partial charge in [-0.15, -0.1) is 0 Å². The molecule has 3 rings (SSSR count). The average molecular weight is 346 g/mol. The van der Waals surface area contributed by atoms with E-state index in [1.165, 1.54) is 0 Å². The molecule has 0 unspecified atom stereocenters. The number of ether oxygens (including phenoxy) is 1. The Balaban J connectivity index is 1.66. The van der Waals surface area contributed by atoms with Crippen LogP contribution in [0.4, 0.5) is 10.5 Å². The number of benzene rings is 2. The minimum Gasteiger partial charge on any atom is -0.455 e. The van der Waals surface area contributed by atoms with Crippen LogP contribution in [0, 0.1) is 0 Å². The second-order valence-corrected chi connectivity index (χ2v) is 7.84. The Hall–Kier alpha value is -2.54. The number of amides is 2. The third kappa shape index (κ3) is 4.26. The number of rotatable bonds is 4. The first-order valence-corrected chi connectivity index (χ1v) is 9.44. The predicted octanol–water partition coefficient (Wildman–Crippen LogP) is 2.79. The third-order valence-corrected chi connectivity index (χ3v) is 5.44. The van der Waals surface area contributed by atoms with Crippen molar-refractivity contribution in [3.05, 3.63) is 54.6 Å². The molecule has 1 fully saturated rings. The van der Waals surface area contributed by atoms with Gasteiger partial charge in [-0.25, -0.2) is 13.2 Å². The molecular weight excluding hydrogens is 328 g/mol. The summed E-state index contributed by atoms with van der Waals surface area (Å²) in [5, 5.41) is 5.40. The maximum absolute atomic E-state index is 12.1. The summed E-state index contributed by atoms with van der Waals surface area (Å²) in [7, 11) is -3.03. The SMILES string of the molecule is O=C(Nc1ccccc1Oc1ccccc1)N[C@@H]1CCS(=O)(=O)C1. The van der Waals surface area contributed by atoms with E-state index in [1.807, 2.05) is 36.4 Å². The molecular formula is C17H18N2O4S. The van der Waals surface area contributed by atoms with Gasteiger partial charge in [0.05, 0.1) is 17.2 Å². The smallest absolute Gasteiger partial charge is 0.319 e. The van der Waals surface area contributed by atoms with Crippen LogP contribution in [0.5, 0.6) is 11.5 Å². The Morgan fingerprint density at radius 3 is 2.46 bits per heavy atom. The summed E-state index contributed by atoms with van der Waals surface area (Å²) in [6.45, 7) is 0. The van der Waals surface area contributed by atoms with E-state index < -0.39 is 15.9 Å². The van der Waals surface area contributed by atoms with Crippen molar-refractivity contribution >= 4 is 21.6 Å². The van der Waals surface area contributed by atoms with E-state index in [9.17, 15) is 13.2 Å². The first kappa shape index (κ1) is 16.3. The molecule has 0 aliphatic carbocycles. The van der Waals surface area contributed by atoms with Crippen molar-refractivity contribution in [1.29, 1.82) is 0 Å². The van der Waals surface area contributed by atoms with Gasteiger partial charge in [-0.3, -0.25) is 0 Å². The fourth-order valence-corrected chi connectivity index (χ4v) is 4.20. The maximum atomic E-state index is 12.1. The fourth-order valence-electron chi connectivity index (χ4n) is 2.53. The summed E-state index contributed by atoms with van der Waals surface area (Å²) in [6.07, 6.45) is 0.442. The van der Waals surface area contributed by atoms with Crippen LogP contribution in [0.15, 0.2) is 54.6 Å². The van der Waals surface area contributed by atoms with E-state index in [0.29, 0.717) is 23.6 Å². The van der Waals surface area contributed by atoms with Crippen molar-refractivity contribution in [2.24, 2.45) is 0 Å². The third-order valence-electron chi connectivity index (χ3n) is 3.67. The number of anilines is 1. The summed E-state index contributed by atoms with van der Waals surface area (Å²) in [5.41, 5.74) is 0.514. The summed E-state index contributed by atoms with van der Waals surface area (Å²) >= 11 is 0. The highest BCUT2D eigenvalue weighted by Crippen LogP contribution is 2.29. The van der Waals surface area contributed by atoms with Crippen molar-refractivity contribution in [2.45, 2.75) is 12.5 Å². The molecule has 7 heteroatoms. The standard InChI is InChI=1S/C17H18N2O4S/c20-17(18-13-10-11-24(21,22)12-13)19-15-8-4-5-9-16(15)23-14-6-2-1-3-7-14/h1-9,13H,10-12H2,(H2,18,19,20)/t13-/m1/s1.